The van der Waals surface area contributed by atoms with E-state index in [0.717, 1.165) is 0 Å². The lowest BCUT2D eigenvalue weighted by Gasteiger charge is -2.35. The van der Waals surface area contributed by atoms with Crippen LogP contribution < -0.4 is 0 Å². The fourth-order valence-electron chi connectivity index (χ4n) is 0.356. The van der Waals surface area contributed by atoms with Crippen molar-refractivity contribution < 1.29 is 22.0 Å². The van der Waals surface area contributed by atoms with E-state index in [9.17, 15) is 22.0 Å². The number of rotatable bonds is 3. The third-order valence-corrected chi connectivity index (χ3v) is 3.65. The van der Waals surface area contributed by atoms with Crippen LogP contribution in [0.1, 0.15) is 0 Å². The van der Waals surface area contributed by atoms with Gasteiger partial charge in [-0.15, -0.1) is 0 Å². The van der Waals surface area contributed by atoms with Gasteiger partial charge >= 0.3 is 15.9 Å². The van der Waals surface area contributed by atoms with Crippen LogP contribution in [-0.4, -0.2) is 20.2 Å². The van der Waals surface area contributed by atoms with Gasteiger partial charge in [0.1, 0.15) is 0 Å². The molecule has 0 aliphatic heterocycles. The number of halogens is 10. The van der Waals surface area contributed by atoms with Crippen molar-refractivity contribution in [2.24, 2.45) is 0 Å². The molecule has 0 nitrogen and oxygen atoms in total. The quantitative estimate of drug-likeness (QED) is 0.521. The number of hydrogen-bond acceptors (Lipinski definition) is 0. The van der Waals surface area contributed by atoms with Gasteiger partial charge in [-0.1, -0.05) is 34.8 Å². The highest BCUT2D eigenvalue weighted by atomic mass is 35.5. The first kappa shape index (κ1) is 15.1. The summed E-state index contributed by atoms with van der Waals surface area (Å²) in [6.07, 6.45) is 0. The zero-order valence-electron chi connectivity index (χ0n) is 5.78. The highest BCUT2D eigenvalue weighted by Crippen LogP contribution is 2.59. The van der Waals surface area contributed by atoms with Gasteiger partial charge in [0.2, 0.25) is 0 Å². The Morgan fingerprint density at radius 1 is 0.571 bits per heavy atom. The summed E-state index contributed by atoms with van der Waals surface area (Å²) in [4.78, 5) is 0. The van der Waals surface area contributed by atoms with Crippen LogP contribution in [0.2, 0.25) is 0 Å². The van der Waals surface area contributed by atoms with Crippen LogP contribution in [0.3, 0.4) is 0 Å². The highest BCUT2D eigenvalue weighted by molar-refractivity contribution is 6.57. The number of alkyl halides is 10. The van der Waals surface area contributed by atoms with E-state index in [1.54, 1.807) is 0 Å². The van der Waals surface area contributed by atoms with Crippen molar-refractivity contribution in [3.8, 4) is 0 Å². The van der Waals surface area contributed by atoms with Gasteiger partial charge < -0.3 is 0 Å². The lowest BCUT2D eigenvalue weighted by Crippen LogP contribution is -2.56. The molecule has 0 spiro atoms. The largest absolute Gasteiger partial charge is 0.372 e. The molecule has 0 fully saturated rings. The maximum Gasteiger partial charge on any atom is 0.372 e. The van der Waals surface area contributed by atoms with Crippen LogP contribution in [0.4, 0.5) is 22.0 Å². The average Bonchev–Trinajstić information content (AvgIpc) is 1.81. The molecule has 0 aliphatic rings. The summed E-state index contributed by atoms with van der Waals surface area (Å²) >= 11 is 21.9. The smallest absolute Gasteiger partial charge is 0.214 e. The Morgan fingerprint density at radius 3 is 0.929 bits per heavy atom. The highest BCUT2D eigenvalue weighted by Gasteiger charge is 2.74. The van der Waals surface area contributed by atoms with Crippen molar-refractivity contribution >= 4 is 58.0 Å². The van der Waals surface area contributed by atoms with Gasteiger partial charge in [0.15, 0.2) is 0 Å². The number of hydrogen-bond donors (Lipinski definition) is 0. The molecule has 0 aromatic rings. The summed E-state index contributed by atoms with van der Waals surface area (Å²) in [5, 5.41) is -14.3. The lowest BCUT2D eigenvalue weighted by atomic mass is 10.2. The topological polar surface area (TPSA) is 0 Å². The maximum atomic E-state index is 12.9. The Kier molecular flexibility index (Phi) is 4.14. The van der Waals surface area contributed by atoms with E-state index in [2.05, 4.69) is 58.0 Å². The summed E-state index contributed by atoms with van der Waals surface area (Å²) in [5.74, 6) is 0. The van der Waals surface area contributed by atoms with Crippen LogP contribution in [0.5, 0.6) is 0 Å². The van der Waals surface area contributed by atoms with E-state index in [-0.39, 0.29) is 0 Å². The Bertz CT molecular complexity index is 191. The van der Waals surface area contributed by atoms with E-state index in [1.807, 2.05) is 0 Å². The van der Waals surface area contributed by atoms with Crippen LogP contribution in [0, 0.1) is 0 Å². The predicted octanol–water partition coefficient (Wildman–Crippen LogP) is 4.73. The van der Waals surface area contributed by atoms with Gasteiger partial charge in [-0.05, 0) is 23.2 Å². The second-order valence-electron chi connectivity index (χ2n) is 2.14. The molecule has 86 valence electrons. The molecular formula is C4Cl5F5. The Labute approximate surface area is 100 Å². The Balaban J connectivity index is 5.30. The Morgan fingerprint density at radius 2 is 0.857 bits per heavy atom. The van der Waals surface area contributed by atoms with E-state index in [4.69, 9.17) is 0 Å². The van der Waals surface area contributed by atoms with Crippen molar-refractivity contribution in [2.45, 2.75) is 20.2 Å². The Hall–Kier alpha value is 1.10. The second-order valence-corrected chi connectivity index (χ2v) is 4.94. The van der Waals surface area contributed by atoms with E-state index < -0.39 is 20.2 Å². The van der Waals surface area contributed by atoms with E-state index >= 15 is 0 Å². The third kappa shape index (κ3) is 2.43. The zero-order chi connectivity index (χ0) is 12.0. The van der Waals surface area contributed by atoms with Crippen molar-refractivity contribution in [3.63, 3.8) is 0 Å². The molecule has 0 aromatic carbocycles. The minimum absolute atomic E-state index is 4.09. The zero-order valence-corrected chi connectivity index (χ0v) is 9.56. The van der Waals surface area contributed by atoms with Crippen LogP contribution in [0.15, 0.2) is 0 Å². The van der Waals surface area contributed by atoms with Crippen LogP contribution in [0.25, 0.3) is 0 Å². The lowest BCUT2D eigenvalue weighted by molar-refractivity contribution is -0.0697. The second kappa shape index (κ2) is 3.84. The summed E-state index contributed by atoms with van der Waals surface area (Å²) < 4.78 is 57.9. The molecule has 1 unspecified atom stereocenters. The SMILES string of the molecule is FC(F)(Cl)C(F)(Cl)C(Cl)(Cl)C(F)(F)Cl. The first-order valence-corrected chi connectivity index (χ1v) is 4.53. The fraction of sp³-hybridized carbons (Fsp3) is 1.00. The standard InChI is InChI=1S/C4Cl5F5/c5-1(6,3(8,11)12)2(7,10)4(9,13)14. The molecule has 10 heteroatoms. The normalized spacial score (nSPS) is 19.3. The van der Waals surface area contributed by atoms with Crippen LogP contribution >= 0.6 is 58.0 Å². The van der Waals surface area contributed by atoms with Crippen molar-refractivity contribution in [1.82, 2.24) is 0 Å². The molecular weight excluding hydrogens is 320 g/mol. The first-order valence-electron chi connectivity index (χ1n) is 2.64. The van der Waals surface area contributed by atoms with Crippen molar-refractivity contribution in [3.05, 3.63) is 0 Å². The minimum atomic E-state index is -4.92. The molecule has 0 saturated carbocycles. The molecule has 0 aliphatic carbocycles. The molecule has 0 amide bonds. The van der Waals surface area contributed by atoms with Crippen molar-refractivity contribution in [1.29, 1.82) is 0 Å². The van der Waals surface area contributed by atoms with Gasteiger partial charge in [-0.3, -0.25) is 0 Å². The van der Waals surface area contributed by atoms with Crippen molar-refractivity contribution in [2.75, 3.05) is 0 Å². The molecule has 0 saturated heterocycles. The van der Waals surface area contributed by atoms with E-state index in [1.165, 1.54) is 0 Å². The minimum Gasteiger partial charge on any atom is -0.214 e. The van der Waals surface area contributed by atoms with Gasteiger partial charge in [0, 0.05) is 0 Å². The average molecular weight is 320 g/mol. The molecule has 1 atom stereocenters. The summed E-state index contributed by atoms with van der Waals surface area (Å²) in [6, 6.07) is 0. The predicted molar refractivity (Wildman–Crippen MR) is 45.7 cm³/mol. The summed E-state index contributed by atoms with van der Waals surface area (Å²) in [5.41, 5.74) is 0. The third-order valence-electron chi connectivity index (χ3n) is 1.11. The fourth-order valence-corrected chi connectivity index (χ4v) is 1.13. The molecule has 0 radical (unpaired) electrons. The van der Waals surface area contributed by atoms with Gasteiger partial charge in [0.05, 0.1) is 0 Å². The maximum absolute atomic E-state index is 12.9. The first-order chi connectivity index (χ1) is 5.75. The summed E-state index contributed by atoms with van der Waals surface area (Å²) in [7, 11) is 0. The molecule has 0 bridgehead atoms. The van der Waals surface area contributed by atoms with Gasteiger partial charge in [-0.2, -0.15) is 17.6 Å². The van der Waals surface area contributed by atoms with Gasteiger partial charge in [-0.25, -0.2) is 4.39 Å². The molecule has 14 heavy (non-hydrogen) atoms. The molecule has 0 aromatic heterocycles. The monoisotopic (exact) mass is 318 g/mol. The molecule has 0 heterocycles. The van der Waals surface area contributed by atoms with Gasteiger partial charge in [0.25, 0.3) is 4.33 Å². The summed E-state index contributed by atoms with van der Waals surface area (Å²) in [6.45, 7) is 0. The molecule has 0 N–H and O–H groups in total. The van der Waals surface area contributed by atoms with Crippen LogP contribution in [-0.2, 0) is 0 Å². The van der Waals surface area contributed by atoms with E-state index in [0.29, 0.717) is 0 Å². The molecule has 0 rings (SSSR count).